The van der Waals surface area contributed by atoms with Gasteiger partial charge in [0.25, 0.3) is 0 Å². The van der Waals surface area contributed by atoms with E-state index >= 15 is 0 Å². The predicted octanol–water partition coefficient (Wildman–Crippen LogP) is 1.33. The maximum absolute atomic E-state index is 11.8. The summed E-state index contributed by atoms with van der Waals surface area (Å²) < 4.78 is 0. The van der Waals surface area contributed by atoms with Crippen molar-refractivity contribution in [1.82, 2.24) is 4.90 Å². The highest BCUT2D eigenvalue weighted by molar-refractivity contribution is 6.26. The van der Waals surface area contributed by atoms with Crippen LogP contribution in [0.3, 0.4) is 0 Å². The number of β-lactam (4-membered cyclic amide) rings is 2. The van der Waals surface area contributed by atoms with Gasteiger partial charge in [-0.1, -0.05) is 37.3 Å². The first kappa shape index (κ1) is 9.90. The minimum atomic E-state index is -0.907. The molecular weight excluding hydrogens is 190 g/mol. The lowest BCUT2D eigenvalue weighted by atomic mass is 9.70. The van der Waals surface area contributed by atoms with Crippen LogP contribution in [0.1, 0.15) is 18.9 Å². The molecule has 0 N–H and O–H groups in total. The standard InChI is InChI=1S/C12H13NO2/c1-3-12(9-7-5-4-6-8-9)10(14)13(2)11(12)15/h4-8H,3H2,1-2H3. The molecular formula is C12H13NO2. The van der Waals surface area contributed by atoms with Crippen molar-refractivity contribution in [3.05, 3.63) is 35.9 Å². The molecule has 1 aliphatic rings. The maximum atomic E-state index is 11.8. The monoisotopic (exact) mass is 203 g/mol. The number of hydrogen-bond acceptors (Lipinski definition) is 2. The molecule has 1 aromatic carbocycles. The average Bonchev–Trinajstić information content (AvgIpc) is 2.31. The second kappa shape index (κ2) is 3.19. The van der Waals surface area contributed by atoms with E-state index in [4.69, 9.17) is 0 Å². The molecule has 0 aliphatic carbocycles. The topological polar surface area (TPSA) is 37.4 Å². The zero-order valence-corrected chi connectivity index (χ0v) is 8.86. The number of likely N-dealkylation sites (N-methyl/N-ethyl adjacent to an activating group) is 1. The molecule has 0 saturated carbocycles. The number of imide groups is 1. The lowest BCUT2D eigenvalue weighted by Gasteiger charge is -2.44. The first-order valence-corrected chi connectivity index (χ1v) is 5.02. The summed E-state index contributed by atoms with van der Waals surface area (Å²) in [6.45, 7) is 1.87. The van der Waals surface area contributed by atoms with Crippen LogP contribution in [0, 0.1) is 0 Å². The molecule has 0 bridgehead atoms. The highest BCUT2D eigenvalue weighted by Crippen LogP contribution is 2.39. The first-order chi connectivity index (χ1) is 7.14. The fourth-order valence-corrected chi connectivity index (χ4v) is 2.18. The van der Waals surface area contributed by atoms with Gasteiger partial charge in [-0.15, -0.1) is 0 Å². The van der Waals surface area contributed by atoms with Crippen molar-refractivity contribution in [2.45, 2.75) is 18.8 Å². The van der Waals surface area contributed by atoms with Crippen LogP contribution in [0.2, 0.25) is 0 Å². The van der Waals surface area contributed by atoms with E-state index in [2.05, 4.69) is 0 Å². The molecule has 2 rings (SSSR count). The quantitative estimate of drug-likeness (QED) is 0.537. The van der Waals surface area contributed by atoms with Gasteiger partial charge in [0.15, 0.2) is 5.41 Å². The van der Waals surface area contributed by atoms with Crippen molar-refractivity contribution in [3.63, 3.8) is 0 Å². The van der Waals surface area contributed by atoms with Gasteiger partial charge in [0, 0.05) is 7.05 Å². The van der Waals surface area contributed by atoms with Crippen LogP contribution in [0.5, 0.6) is 0 Å². The summed E-state index contributed by atoms with van der Waals surface area (Å²) in [7, 11) is 1.53. The van der Waals surface area contributed by atoms with Gasteiger partial charge in [-0.3, -0.25) is 14.5 Å². The third-order valence-electron chi connectivity index (χ3n) is 3.14. The van der Waals surface area contributed by atoms with Gasteiger partial charge in [0.05, 0.1) is 0 Å². The van der Waals surface area contributed by atoms with Gasteiger partial charge in [-0.25, -0.2) is 0 Å². The van der Waals surface area contributed by atoms with E-state index < -0.39 is 5.41 Å². The summed E-state index contributed by atoms with van der Waals surface area (Å²) in [6, 6.07) is 9.26. The number of likely N-dealkylation sites (tertiary alicyclic amines) is 1. The number of benzene rings is 1. The van der Waals surface area contributed by atoms with Gasteiger partial charge in [-0.05, 0) is 12.0 Å². The number of carbonyl (C=O) groups is 2. The van der Waals surface area contributed by atoms with Crippen molar-refractivity contribution in [1.29, 1.82) is 0 Å². The Labute approximate surface area is 88.7 Å². The Morgan fingerprint density at radius 1 is 1.13 bits per heavy atom. The zero-order valence-electron chi connectivity index (χ0n) is 8.86. The van der Waals surface area contributed by atoms with Crippen molar-refractivity contribution >= 4 is 11.8 Å². The lowest BCUT2D eigenvalue weighted by molar-refractivity contribution is -0.167. The van der Waals surface area contributed by atoms with Gasteiger partial charge in [-0.2, -0.15) is 0 Å². The van der Waals surface area contributed by atoms with Crippen LogP contribution in [0.4, 0.5) is 0 Å². The number of carbonyl (C=O) groups excluding carboxylic acids is 2. The van der Waals surface area contributed by atoms with Crippen LogP contribution in [0.25, 0.3) is 0 Å². The molecule has 1 saturated heterocycles. The number of nitrogens with zero attached hydrogens (tertiary/aromatic N) is 1. The fourth-order valence-electron chi connectivity index (χ4n) is 2.18. The summed E-state index contributed by atoms with van der Waals surface area (Å²) in [5, 5.41) is 0. The molecule has 1 heterocycles. The number of rotatable bonds is 2. The second-order valence-electron chi connectivity index (χ2n) is 3.79. The Balaban J connectivity index is 2.49. The van der Waals surface area contributed by atoms with Crippen LogP contribution in [-0.2, 0) is 15.0 Å². The molecule has 0 radical (unpaired) electrons. The molecule has 78 valence electrons. The second-order valence-corrected chi connectivity index (χ2v) is 3.79. The first-order valence-electron chi connectivity index (χ1n) is 5.02. The minimum Gasteiger partial charge on any atom is -0.283 e. The molecule has 2 amide bonds. The Bertz CT molecular complexity index is 395. The Morgan fingerprint density at radius 3 is 2.13 bits per heavy atom. The van der Waals surface area contributed by atoms with Crippen LogP contribution < -0.4 is 0 Å². The summed E-state index contributed by atoms with van der Waals surface area (Å²) in [5.74, 6) is -0.192. The zero-order chi connectivity index (χ0) is 11.1. The van der Waals surface area contributed by atoms with Gasteiger partial charge in [0.2, 0.25) is 11.8 Å². The third kappa shape index (κ3) is 1.06. The SMILES string of the molecule is CCC1(c2ccccc2)C(=O)N(C)C1=O. The molecule has 0 spiro atoms. The van der Waals surface area contributed by atoms with Crippen LogP contribution >= 0.6 is 0 Å². The maximum Gasteiger partial charge on any atom is 0.249 e. The van der Waals surface area contributed by atoms with E-state index in [1.54, 1.807) is 0 Å². The highest BCUT2D eigenvalue weighted by atomic mass is 16.2. The number of amides is 2. The molecule has 15 heavy (non-hydrogen) atoms. The average molecular weight is 203 g/mol. The summed E-state index contributed by atoms with van der Waals surface area (Å²) in [4.78, 5) is 24.9. The summed E-state index contributed by atoms with van der Waals surface area (Å²) in [5.41, 5.74) is -0.101. The van der Waals surface area contributed by atoms with Crippen LogP contribution in [-0.4, -0.2) is 23.8 Å². The minimum absolute atomic E-state index is 0.0961. The normalized spacial score (nSPS) is 18.9. The molecule has 1 aromatic rings. The molecule has 0 aromatic heterocycles. The molecule has 3 nitrogen and oxygen atoms in total. The van der Waals surface area contributed by atoms with Gasteiger partial charge >= 0.3 is 0 Å². The molecule has 1 fully saturated rings. The van der Waals surface area contributed by atoms with E-state index in [1.807, 2.05) is 37.3 Å². The van der Waals surface area contributed by atoms with Crippen molar-refractivity contribution in [2.75, 3.05) is 7.05 Å². The van der Waals surface area contributed by atoms with E-state index in [-0.39, 0.29) is 11.8 Å². The summed E-state index contributed by atoms with van der Waals surface area (Å²) in [6.07, 6.45) is 0.527. The van der Waals surface area contributed by atoms with Crippen LogP contribution in [0.15, 0.2) is 30.3 Å². The largest absolute Gasteiger partial charge is 0.283 e. The number of hydrogen-bond donors (Lipinski definition) is 0. The van der Waals surface area contributed by atoms with E-state index in [9.17, 15) is 9.59 Å². The Hall–Kier alpha value is -1.64. The fraction of sp³-hybridized carbons (Fsp3) is 0.333. The Morgan fingerprint density at radius 2 is 1.67 bits per heavy atom. The lowest BCUT2D eigenvalue weighted by Crippen LogP contribution is -2.67. The molecule has 3 heteroatoms. The van der Waals surface area contributed by atoms with Crippen molar-refractivity contribution in [2.24, 2.45) is 0 Å². The Kier molecular flexibility index (Phi) is 2.11. The third-order valence-corrected chi connectivity index (χ3v) is 3.14. The molecule has 1 aliphatic heterocycles. The van der Waals surface area contributed by atoms with Gasteiger partial charge < -0.3 is 0 Å². The van der Waals surface area contributed by atoms with Crippen molar-refractivity contribution in [3.8, 4) is 0 Å². The van der Waals surface area contributed by atoms with E-state index in [0.29, 0.717) is 6.42 Å². The summed E-state index contributed by atoms with van der Waals surface area (Å²) >= 11 is 0. The van der Waals surface area contributed by atoms with Crippen molar-refractivity contribution < 1.29 is 9.59 Å². The van der Waals surface area contributed by atoms with E-state index in [0.717, 1.165) is 5.56 Å². The predicted molar refractivity (Wildman–Crippen MR) is 56.2 cm³/mol. The smallest absolute Gasteiger partial charge is 0.249 e. The van der Waals surface area contributed by atoms with Gasteiger partial charge in [0.1, 0.15) is 0 Å². The highest BCUT2D eigenvalue weighted by Gasteiger charge is 2.59. The molecule has 0 unspecified atom stereocenters. The van der Waals surface area contributed by atoms with E-state index in [1.165, 1.54) is 11.9 Å². The molecule has 0 atom stereocenters.